The summed E-state index contributed by atoms with van der Waals surface area (Å²) in [6.07, 6.45) is 0.471. The second-order valence-electron chi connectivity index (χ2n) is 5.83. The molecule has 1 heterocycles. The number of carboxylic acids is 1. The van der Waals surface area contributed by atoms with E-state index in [-0.39, 0.29) is 12.1 Å². The van der Waals surface area contributed by atoms with Gasteiger partial charge in [-0.05, 0) is 38.0 Å². The SMILES string of the molecule is CC(Cc1cccc(N2CCN(C(C)C)C2=O)c1)C(=O)O. The molecule has 1 atom stereocenters. The van der Waals surface area contributed by atoms with Gasteiger partial charge in [-0.3, -0.25) is 9.69 Å². The highest BCUT2D eigenvalue weighted by Gasteiger charge is 2.31. The van der Waals surface area contributed by atoms with Gasteiger partial charge < -0.3 is 10.0 Å². The first kappa shape index (κ1) is 15.4. The lowest BCUT2D eigenvalue weighted by molar-refractivity contribution is -0.141. The molecule has 1 aromatic carbocycles. The number of aliphatic carboxylic acids is 1. The second kappa shape index (κ2) is 6.16. The number of amides is 2. The van der Waals surface area contributed by atoms with Gasteiger partial charge in [0.05, 0.1) is 5.92 Å². The van der Waals surface area contributed by atoms with Crippen LogP contribution in [0.4, 0.5) is 10.5 Å². The lowest BCUT2D eigenvalue weighted by Gasteiger charge is -2.22. The third-order valence-corrected chi connectivity index (χ3v) is 3.85. The van der Waals surface area contributed by atoms with E-state index >= 15 is 0 Å². The van der Waals surface area contributed by atoms with Gasteiger partial charge >= 0.3 is 12.0 Å². The number of carboxylic acid groups (broad SMARTS) is 1. The molecule has 0 aromatic heterocycles. The summed E-state index contributed by atoms with van der Waals surface area (Å²) in [5.74, 6) is -1.23. The highest BCUT2D eigenvalue weighted by atomic mass is 16.4. The number of urea groups is 1. The molecule has 1 aliphatic rings. The van der Waals surface area contributed by atoms with Crippen molar-refractivity contribution < 1.29 is 14.7 Å². The van der Waals surface area contributed by atoms with E-state index in [4.69, 9.17) is 5.11 Å². The average molecular weight is 290 g/mol. The Morgan fingerprint density at radius 3 is 2.57 bits per heavy atom. The highest BCUT2D eigenvalue weighted by molar-refractivity contribution is 5.94. The van der Waals surface area contributed by atoms with Crippen molar-refractivity contribution in [1.29, 1.82) is 0 Å². The quantitative estimate of drug-likeness (QED) is 0.906. The fourth-order valence-corrected chi connectivity index (χ4v) is 2.56. The summed E-state index contributed by atoms with van der Waals surface area (Å²) in [7, 11) is 0. The van der Waals surface area contributed by atoms with E-state index in [1.165, 1.54) is 0 Å². The van der Waals surface area contributed by atoms with Gasteiger partial charge in [-0.15, -0.1) is 0 Å². The van der Waals surface area contributed by atoms with Crippen LogP contribution in [0.15, 0.2) is 24.3 Å². The number of rotatable bonds is 5. The van der Waals surface area contributed by atoms with Gasteiger partial charge in [-0.25, -0.2) is 4.79 Å². The van der Waals surface area contributed by atoms with Crippen LogP contribution in [0.2, 0.25) is 0 Å². The van der Waals surface area contributed by atoms with Gasteiger partial charge in [-0.1, -0.05) is 19.1 Å². The summed E-state index contributed by atoms with van der Waals surface area (Å²) in [4.78, 5) is 26.9. The molecule has 1 aliphatic heterocycles. The molecule has 2 rings (SSSR count). The van der Waals surface area contributed by atoms with Crippen LogP contribution in [-0.4, -0.2) is 41.1 Å². The summed E-state index contributed by atoms with van der Waals surface area (Å²) in [6, 6.07) is 7.82. The van der Waals surface area contributed by atoms with Crippen molar-refractivity contribution in [1.82, 2.24) is 4.90 Å². The van der Waals surface area contributed by atoms with Gasteiger partial charge in [0.25, 0.3) is 0 Å². The van der Waals surface area contributed by atoms with Crippen LogP contribution in [0.1, 0.15) is 26.3 Å². The predicted octanol–water partition coefficient (Wildman–Crippen LogP) is 2.60. The summed E-state index contributed by atoms with van der Waals surface area (Å²) < 4.78 is 0. The molecule has 5 nitrogen and oxygen atoms in total. The molecule has 114 valence electrons. The molecule has 0 saturated carbocycles. The van der Waals surface area contributed by atoms with E-state index in [1.54, 1.807) is 11.8 Å². The smallest absolute Gasteiger partial charge is 0.324 e. The topological polar surface area (TPSA) is 60.9 Å². The van der Waals surface area contributed by atoms with Crippen molar-refractivity contribution in [2.75, 3.05) is 18.0 Å². The van der Waals surface area contributed by atoms with Crippen LogP contribution in [0.25, 0.3) is 0 Å². The second-order valence-corrected chi connectivity index (χ2v) is 5.83. The van der Waals surface area contributed by atoms with Crippen molar-refractivity contribution in [3.05, 3.63) is 29.8 Å². The van der Waals surface area contributed by atoms with Crippen LogP contribution in [0.5, 0.6) is 0 Å². The summed E-state index contributed by atoms with van der Waals surface area (Å²) >= 11 is 0. The molecular weight excluding hydrogens is 268 g/mol. The molecule has 1 saturated heterocycles. The number of carbonyl (C=O) groups is 2. The number of hydrogen-bond donors (Lipinski definition) is 1. The maximum absolute atomic E-state index is 12.3. The van der Waals surface area contributed by atoms with Gasteiger partial charge in [0.1, 0.15) is 0 Å². The lowest BCUT2D eigenvalue weighted by Crippen LogP contribution is -2.36. The zero-order chi connectivity index (χ0) is 15.6. The molecule has 2 amide bonds. The van der Waals surface area contributed by atoms with Gasteiger partial charge in [0.2, 0.25) is 0 Å². The first-order valence-corrected chi connectivity index (χ1v) is 7.30. The first-order valence-electron chi connectivity index (χ1n) is 7.30. The number of anilines is 1. The van der Waals surface area contributed by atoms with Crippen molar-refractivity contribution in [2.45, 2.75) is 33.2 Å². The Bertz CT molecular complexity index is 542. The number of nitrogens with zero attached hydrogens (tertiary/aromatic N) is 2. The van der Waals surface area contributed by atoms with Gasteiger partial charge in [0, 0.05) is 24.8 Å². The maximum Gasteiger partial charge on any atom is 0.324 e. The minimum absolute atomic E-state index is 0.0217. The summed E-state index contributed by atoms with van der Waals surface area (Å²) in [5, 5.41) is 8.99. The fraction of sp³-hybridized carbons (Fsp3) is 0.500. The molecule has 0 radical (unpaired) electrons. The largest absolute Gasteiger partial charge is 0.481 e. The Morgan fingerprint density at radius 1 is 1.29 bits per heavy atom. The third-order valence-electron chi connectivity index (χ3n) is 3.85. The maximum atomic E-state index is 12.3. The molecule has 5 heteroatoms. The Balaban J connectivity index is 2.15. The summed E-state index contributed by atoms with van der Waals surface area (Å²) in [5.41, 5.74) is 1.79. The highest BCUT2D eigenvalue weighted by Crippen LogP contribution is 2.23. The molecule has 0 bridgehead atoms. The normalized spacial score (nSPS) is 16.7. The average Bonchev–Trinajstić information content (AvgIpc) is 2.81. The predicted molar refractivity (Wildman–Crippen MR) is 81.5 cm³/mol. The Kier molecular flexibility index (Phi) is 4.50. The van der Waals surface area contributed by atoms with Crippen molar-refractivity contribution >= 4 is 17.7 Å². The van der Waals surface area contributed by atoms with E-state index in [1.807, 2.05) is 43.0 Å². The fourth-order valence-electron chi connectivity index (χ4n) is 2.56. The minimum atomic E-state index is -0.802. The van der Waals surface area contributed by atoms with Crippen LogP contribution in [-0.2, 0) is 11.2 Å². The van der Waals surface area contributed by atoms with E-state index in [2.05, 4.69) is 0 Å². The number of hydrogen-bond acceptors (Lipinski definition) is 2. The van der Waals surface area contributed by atoms with E-state index in [0.717, 1.165) is 17.8 Å². The molecule has 1 aromatic rings. The van der Waals surface area contributed by atoms with Crippen molar-refractivity contribution in [3.63, 3.8) is 0 Å². The van der Waals surface area contributed by atoms with E-state index in [9.17, 15) is 9.59 Å². The van der Waals surface area contributed by atoms with Gasteiger partial charge in [0.15, 0.2) is 0 Å². The molecular formula is C16H22N2O3. The van der Waals surface area contributed by atoms with E-state index < -0.39 is 11.9 Å². The molecule has 0 spiro atoms. The lowest BCUT2D eigenvalue weighted by atomic mass is 10.0. The number of carbonyl (C=O) groups excluding carboxylic acids is 1. The Hall–Kier alpha value is -2.04. The molecule has 1 fully saturated rings. The van der Waals surface area contributed by atoms with Crippen molar-refractivity contribution in [2.24, 2.45) is 5.92 Å². The van der Waals surface area contributed by atoms with E-state index in [0.29, 0.717) is 13.0 Å². The van der Waals surface area contributed by atoms with Crippen LogP contribution >= 0.6 is 0 Å². The van der Waals surface area contributed by atoms with Crippen LogP contribution < -0.4 is 4.90 Å². The monoisotopic (exact) mass is 290 g/mol. The zero-order valence-corrected chi connectivity index (χ0v) is 12.7. The van der Waals surface area contributed by atoms with Crippen LogP contribution in [0.3, 0.4) is 0 Å². The molecule has 1 N–H and O–H groups in total. The molecule has 21 heavy (non-hydrogen) atoms. The molecule has 1 unspecified atom stereocenters. The van der Waals surface area contributed by atoms with Gasteiger partial charge in [-0.2, -0.15) is 0 Å². The Morgan fingerprint density at radius 2 is 2.00 bits per heavy atom. The van der Waals surface area contributed by atoms with Crippen LogP contribution in [0, 0.1) is 5.92 Å². The standard InChI is InChI=1S/C16H22N2O3/c1-11(2)17-7-8-18(16(17)21)14-6-4-5-13(10-14)9-12(3)15(19)20/h4-6,10-12H,7-9H2,1-3H3,(H,19,20). The molecule has 0 aliphatic carbocycles. The minimum Gasteiger partial charge on any atom is -0.481 e. The number of benzene rings is 1. The Labute approximate surface area is 125 Å². The third kappa shape index (κ3) is 3.35. The summed E-state index contributed by atoms with van der Waals surface area (Å²) in [6.45, 7) is 7.11. The zero-order valence-electron chi connectivity index (χ0n) is 12.7. The van der Waals surface area contributed by atoms with Crippen molar-refractivity contribution in [3.8, 4) is 0 Å². The first-order chi connectivity index (χ1) is 9.90.